The summed E-state index contributed by atoms with van der Waals surface area (Å²) in [7, 11) is 0. The van der Waals surface area contributed by atoms with Crippen LogP contribution in [0.3, 0.4) is 0 Å². The molecule has 3 fully saturated rings. The van der Waals surface area contributed by atoms with Crippen molar-refractivity contribution in [1.82, 2.24) is 4.90 Å². The molecule has 1 aromatic carbocycles. The minimum atomic E-state index is -2.58. The molecule has 0 heterocycles. The molecule has 3 unspecified atom stereocenters. The second kappa shape index (κ2) is 9.31. The highest BCUT2D eigenvalue weighted by Gasteiger charge is 2.63. The number of hydrogen-bond acceptors (Lipinski definition) is 8. The van der Waals surface area contributed by atoms with Crippen LogP contribution in [0.5, 0.6) is 5.75 Å². The fourth-order valence-corrected chi connectivity index (χ4v) is 9.50. The first-order valence-electron chi connectivity index (χ1n) is 14.8. The number of phenolic OH excluding ortho intramolecular Hbond substituents is 1. The van der Waals surface area contributed by atoms with Crippen LogP contribution in [-0.2, 0) is 27.3 Å². The van der Waals surface area contributed by atoms with Crippen LogP contribution in [0.25, 0.3) is 5.76 Å². The van der Waals surface area contributed by atoms with E-state index in [-0.39, 0.29) is 47.0 Å². The number of halogens is 1. The average Bonchev–Trinajstić information content (AvgIpc) is 3.25. The van der Waals surface area contributed by atoms with Crippen molar-refractivity contribution in [2.45, 2.75) is 84.4 Å². The fourth-order valence-electron chi connectivity index (χ4n) is 9.21. The summed E-state index contributed by atoms with van der Waals surface area (Å²) in [6.07, 6.45) is 3.44. The molecule has 42 heavy (non-hydrogen) atoms. The number of aliphatic hydroxyl groups excluding tert-OH is 2. The summed E-state index contributed by atoms with van der Waals surface area (Å²) in [6, 6.07) is 1.91. The van der Waals surface area contributed by atoms with Gasteiger partial charge in [-0.15, -0.1) is 0 Å². The number of nitrogens with two attached hydrogens (primary N) is 1. The van der Waals surface area contributed by atoms with Gasteiger partial charge in [0.1, 0.15) is 22.8 Å². The smallest absolute Gasteiger partial charge is 0.255 e. The van der Waals surface area contributed by atoms with Crippen molar-refractivity contribution in [2.24, 2.45) is 34.3 Å². The zero-order chi connectivity index (χ0) is 30.7. The van der Waals surface area contributed by atoms with E-state index in [0.717, 1.165) is 18.5 Å². The van der Waals surface area contributed by atoms with Gasteiger partial charge in [-0.2, -0.15) is 0 Å². The van der Waals surface area contributed by atoms with Crippen LogP contribution in [0.4, 0.5) is 0 Å². The molecule has 6 N–H and O–H groups in total. The van der Waals surface area contributed by atoms with Gasteiger partial charge in [0, 0.05) is 35.5 Å². The fraction of sp³-hybridized carbons (Fsp3) is 0.594. The maximum Gasteiger partial charge on any atom is 0.255 e. The first-order chi connectivity index (χ1) is 19.6. The molecule has 1 amide bonds. The summed E-state index contributed by atoms with van der Waals surface area (Å²) >= 11 is 7.02. The van der Waals surface area contributed by atoms with Crippen LogP contribution < -0.4 is 5.73 Å². The van der Waals surface area contributed by atoms with Gasteiger partial charge >= 0.3 is 0 Å². The van der Waals surface area contributed by atoms with E-state index in [1.165, 1.54) is 18.9 Å². The van der Waals surface area contributed by atoms with E-state index in [2.05, 4.69) is 32.6 Å². The van der Waals surface area contributed by atoms with Gasteiger partial charge in [0.15, 0.2) is 11.4 Å². The molecule has 6 atom stereocenters. The molecular weight excluding hydrogens is 560 g/mol. The van der Waals surface area contributed by atoms with Gasteiger partial charge in [-0.3, -0.25) is 19.3 Å². The summed E-state index contributed by atoms with van der Waals surface area (Å²) < 4.78 is 0. The highest BCUT2D eigenvalue weighted by atomic mass is 35.5. The number of aromatic hydroxyl groups is 1. The third kappa shape index (κ3) is 3.59. The summed E-state index contributed by atoms with van der Waals surface area (Å²) in [4.78, 5) is 40.6. The van der Waals surface area contributed by atoms with Crippen molar-refractivity contribution in [3.63, 3.8) is 0 Å². The van der Waals surface area contributed by atoms with E-state index in [4.69, 9.17) is 17.3 Å². The Hall–Kier alpha value is -2.88. The monoisotopic (exact) mass is 598 g/mol. The van der Waals surface area contributed by atoms with Gasteiger partial charge in [0.05, 0.1) is 5.56 Å². The van der Waals surface area contributed by atoms with E-state index in [1.807, 2.05) is 0 Å². The van der Waals surface area contributed by atoms with E-state index in [9.17, 15) is 34.8 Å². The summed E-state index contributed by atoms with van der Waals surface area (Å²) in [5.74, 6) is -5.82. The number of ketones is 2. The third-order valence-corrected chi connectivity index (χ3v) is 12.5. The van der Waals surface area contributed by atoms with Crippen molar-refractivity contribution >= 4 is 34.8 Å². The Labute approximate surface area is 250 Å². The molecule has 2 bridgehead atoms. The highest BCUT2D eigenvalue weighted by Crippen LogP contribution is 2.66. The number of nitrogens with zero attached hydrogens (tertiary/aromatic N) is 1. The lowest BCUT2D eigenvalue weighted by atomic mass is 9.59. The molecule has 5 aliphatic carbocycles. The van der Waals surface area contributed by atoms with Crippen molar-refractivity contribution < 1.29 is 34.8 Å². The lowest BCUT2D eigenvalue weighted by molar-refractivity contribution is -0.147. The van der Waals surface area contributed by atoms with Crippen molar-refractivity contribution in [2.75, 3.05) is 6.54 Å². The van der Waals surface area contributed by atoms with Crippen LogP contribution in [0.15, 0.2) is 23.0 Å². The molecule has 9 nitrogen and oxygen atoms in total. The number of primary amides is 1. The number of amides is 1. The van der Waals surface area contributed by atoms with E-state index >= 15 is 0 Å². The molecule has 0 aliphatic heterocycles. The predicted molar refractivity (Wildman–Crippen MR) is 155 cm³/mol. The molecular formula is C32H39ClN2O7. The minimum Gasteiger partial charge on any atom is -0.508 e. The summed E-state index contributed by atoms with van der Waals surface area (Å²) in [5, 5.41) is 45.1. The molecule has 5 aliphatic rings. The molecule has 0 saturated heterocycles. The van der Waals surface area contributed by atoms with E-state index in [1.54, 1.807) is 0 Å². The number of rotatable bonds is 5. The zero-order valence-corrected chi connectivity index (χ0v) is 25.2. The van der Waals surface area contributed by atoms with Crippen molar-refractivity contribution in [3.05, 3.63) is 44.7 Å². The molecule has 3 saturated carbocycles. The molecule has 0 aromatic heterocycles. The quantitative estimate of drug-likeness (QED) is 0.316. The number of benzene rings is 1. The SMILES string of the molecule is CCN(Cc1cc(O)c2c(c1Cl)CC1C[C@H]3CC(=O)C(C(N)=O)=C(O)[C@@]3(O)C(=O)C1=C2O)[C@H]1CC2CCC1(C)C2(C)C. The van der Waals surface area contributed by atoms with Crippen LogP contribution in [0.1, 0.15) is 76.5 Å². The lowest BCUT2D eigenvalue weighted by Crippen LogP contribution is -2.58. The van der Waals surface area contributed by atoms with Gasteiger partial charge in [-0.05, 0) is 78.5 Å². The predicted octanol–water partition coefficient (Wildman–Crippen LogP) is 4.11. The number of carbonyl (C=O) groups excluding carboxylic acids is 3. The standard InChI is InChI=1S/C32H39ClN2O7/c1-5-35(21-12-16-6-7-31(21,4)30(16,2)3)13-15-10-19(36)23-18(25(15)33)9-14-8-17-11-20(37)24(29(34)41)28(40)32(17,42)27(39)22(14)26(23)38/h10,14,16-17,21,36,38,40,42H,5-9,11-13H2,1-4H3,(H2,34,41)/t14?,16?,17-,21-,31?,32-/m0/s1. The zero-order valence-electron chi connectivity index (χ0n) is 24.5. The first kappa shape index (κ1) is 29.2. The normalized spacial score (nSPS) is 35.0. The Morgan fingerprint density at radius 1 is 1.12 bits per heavy atom. The van der Waals surface area contributed by atoms with Crippen LogP contribution in [0, 0.1) is 28.6 Å². The largest absolute Gasteiger partial charge is 0.508 e. The number of phenols is 1. The maximum atomic E-state index is 13.7. The Balaban J connectivity index is 1.38. The molecule has 6 rings (SSSR count). The third-order valence-electron chi connectivity index (χ3n) is 12.0. The van der Waals surface area contributed by atoms with E-state index < -0.39 is 52.0 Å². The topological polar surface area (TPSA) is 161 Å². The molecule has 10 heteroatoms. The Bertz CT molecular complexity index is 1510. The number of carbonyl (C=O) groups is 3. The lowest BCUT2D eigenvalue weighted by Gasteiger charge is -2.46. The van der Waals surface area contributed by atoms with Crippen molar-refractivity contribution in [3.8, 4) is 5.75 Å². The Kier molecular flexibility index (Phi) is 6.47. The van der Waals surface area contributed by atoms with Gasteiger partial charge in [0.2, 0.25) is 5.78 Å². The Morgan fingerprint density at radius 3 is 2.38 bits per heavy atom. The average molecular weight is 599 g/mol. The summed E-state index contributed by atoms with van der Waals surface area (Å²) in [5.41, 5.74) is 3.35. The van der Waals surface area contributed by atoms with Gasteiger partial charge < -0.3 is 26.2 Å². The highest BCUT2D eigenvalue weighted by molar-refractivity contribution is 6.32. The van der Waals surface area contributed by atoms with Crippen LogP contribution >= 0.6 is 11.6 Å². The number of fused-ring (bicyclic) bond motifs is 5. The van der Waals surface area contributed by atoms with Gasteiger partial charge in [-0.1, -0.05) is 39.3 Å². The van der Waals surface area contributed by atoms with E-state index in [0.29, 0.717) is 29.1 Å². The minimum absolute atomic E-state index is 0.0203. The van der Waals surface area contributed by atoms with Crippen LogP contribution in [0.2, 0.25) is 5.02 Å². The number of hydrogen-bond donors (Lipinski definition) is 5. The second-order valence-electron chi connectivity index (χ2n) is 13.8. The first-order valence-corrected chi connectivity index (χ1v) is 15.2. The van der Waals surface area contributed by atoms with Crippen LogP contribution in [-0.4, -0.2) is 61.0 Å². The Morgan fingerprint density at radius 2 is 1.81 bits per heavy atom. The van der Waals surface area contributed by atoms with Crippen molar-refractivity contribution in [1.29, 1.82) is 0 Å². The van der Waals surface area contributed by atoms with Gasteiger partial charge in [0.25, 0.3) is 5.91 Å². The maximum absolute atomic E-state index is 13.7. The van der Waals surface area contributed by atoms with Gasteiger partial charge in [-0.25, -0.2) is 0 Å². The molecule has 0 radical (unpaired) electrons. The second-order valence-corrected chi connectivity index (χ2v) is 14.2. The molecule has 0 spiro atoms. The number of Topliss-reactive ketones (excluding diaryl/α,β-unsaturated/α-hetero) is 2. The summed E-state index contributed by atoms with van der Waals surface area (Å²) in [6.45, 7) is 10.6. The molecule has 1 aromatic rings. The molecule has 226 valence electrons. The number of aliphatic hydroxyl groups is 3.